The first-order valence-corrected chi connectivity index (χ1v) is 4.52. The molecule has 0 bridgehead atoms. The van der Waals surface area contributed by atoms with Gasteiger partial charge in [0.05, 0.1) is 0 Å². The topological polar surface area (TPSA) is 68.0 Å². The van der Waals surface area contributed by atoms with Crippen LogP contribution in [0.4, 0.5) is 4.39 Å². The van der Waals surface area contributed by atoms with Gasteiger partial charge in [-0.15, -0.1) is 0 Å². The van der Waals surface area contributed by atoms with Crippen molar-refractivity contribution in [1.29, 1.82) is 0 Å². The van der Waals surface area contributed by atoms with Crippen LogP contribution in [0.1, 0.15) is 10.6 Å². The van der Waals surface area contributed by atoms with Crippen molar-refractivity contribution in [2.45, 2.75) is 0 Å². The quantitative estimate of drug-likeness (QED) is 0.828. The Bertz CT molecular complexity index is 507. The molecular weight excluding hydrogens is 213 g/mol. The summed E-state index contributed by atoms with van der Waals surface area (Å²) in [6.45, 7) is 0. The minimum absolute atomic E-state index is 0.0539. The first-order chi connectivity index (χ1) is 7.70. The van der Waals surface area contributed by atoms with Gasteiger partial charge in [0, 0.05) is 12.6 Å². The zero-order chi connectivity index (χ0) is 11.5. The van der Waals surface area contributed by atoms with Gasteiger partial charge in [-0.05, 0) is 24.3 Å². The summed E-state index contributed by atoms with van der Waals surface area (Å²) in [5.74, 6) is -0.660. The normalized spacial score (nSPS) is 10.1. The lowest BCUT2D eigenvalue weighted by Crippen LogP contribution is -2.19. The number of nitrogens with zero attached hydrogens (tertiary/aromatic N) is 2. The Kier molecular flexibility index (Phi) is 2.63. The number of hydrogen-bond donors (Lipinski definition) is 1. The lowest BCUT2D eigenvalue weighted by Gasteiger charge is -1.92. The molecule has 0 aliphatic heterocycles. The molecule has 0 spiro atoms. The number of amides is 1. The molecular formula is C10H8FN3O2. The third kappa shape index (κ3) is 1.90. The highest BCUT2D eigenvalue weighted by molar-refractivity contribution is 5.90. The lowest BCUT2D eigenvalue weighted by atomic mass is 10.2. The second-order valence-corrected chi connectivity index (χ2v) is 3.01. The zero-order valence-corrected chi connectivity index (χ0v) is 8.40. The van der Waals surface area contributed by atoms with Crippen LogP contribution in [0.3, 0.4) is 0 Å². The molecule has 0 radical (unpaired) electrons. The predicted octanol–water partition coefficient (Wildman–Crippen LogP) is 1.24. The van der Waals surface area contributed by atoms with E-state index in [0.717, 1.165) is 0 Å². The Balaban J connectivity index is 2.31. The van der Waals surface area contributed by atoms with Gasteiger partial charge in [-0.25, -0.2) is 4.39 Å². The minimum Gasteiger partial charge on any atom is -0.352 e. The van der Waals surface area contributed by atoms with Crippen LogP contribution in [0, 0.1) is 5.82 Å². The van der Waals surface area contributed by atoms with Crippen molar-refractivity contribution in [3.05, 3.63) is 35.9 Å². The molecule has 6 heteroatoms. The van der Waals surface area contributed by atoms with Crippen molar-refractivity contribution >= 4 is 5.91 Å². The molecule has 2 rings (SSSR count). The van der Waals surface area contributed by atoms with Crippen LogP contribution in [-0.4, -0.2) is 23.1 Å². The van der Waals surface area contributed by atoms with Gasteiger partial charge in [-0.1, -0.05) is 5.16 Å². The molecule has 82 valence electrons. The van der Waals surface area contributed by atoms with Crippen molar-refractivity contribution in [2.75, 3.05) is 7.05 Å². The molecule has 0 aliphatic carbocycles. The fraction of sp³-hybridized carbons (Fsp3) is 0.100. The van der Waals surface area contributed by atoms with Crippen LogP contribution in [0.15, 0.2) is 28.8 Å². The maximum absolute atomic E-state index is 12.7. The number of benzene rings is 1. The average molecular weight is 221 g/mol. The summed E-state index contributed by atoms with van der Waals surface area (Å²) in [7, 11) is 1.47. The second kappa shape index (κ2) is 4.09. The fourth-order valence-corrected chi connectivity index (χ4v) is 1.14. The highest BCUT2D eigenvalue weighted by Gasteiger charge is 2.13. The molecule has 1 amide bonds. The van der Waals surface area contributed by atoms with Gasteiger partial charge in [0.15, 0.2) is 0 Å². The lowest BCUT2D eigenvalue weighted by molar-refractivity contribution is 0.0950. The first kappa shape index (κ1) is 10.3. The Hall–Kier alpha value is -2.24. The van der Waals surface area contributed by atoms with E-state index in [1.54, 1.807) is 0 Å². The maximum Gasteiger partial charge on any atom is 0.292 e. The molecule has 1 heterocycles. The Morgan fingerprint density at radius 1 is 1.38 bits per heavy atom. The van der Waals surface area contributed by atoms with Crippen molar-refractivity contribution < 1.29 is 13.7 Å². The van der Waals surface area contributed by atoms with Gasteiger partial charge >= 0.3 is 0 Å². The predicted molar refractivity (Wildman–Crippen MR) is 53.1 cm³/mol. The second-order valence-electron chi connectivity index (χ2n) is 3.01. The highest BCUT2D eigenvalue weighted by Crippen LogP contribution is 2.17. The monoisotopic (exact) mass is 221 g/mol. The first-order valence-electron chi connectivity index (χ1n) is 4.52. The van der Waals surface area contributed by atoms with E-state index in [-0.39, 0.29) is 17.5 Å². The molecule has 2 aromatic rings. The van der Waals surface area contributed by atoms with Gasteiger partial charge in [0.1, 0.15) is 5.82 Å². The average Bonchev–Trinajstić information content (AvgIpc) is 2.78. The van der Waals surface area contributed by atoms with Crippen LogP contribution in [-0.2, 0) is 0 Å². The van der Waals surface area contributed by atoms with E-state index in [1.165, 1.54) is 31.3 Å². The van der Waals surface area contributed by atoms with Crippen LogP contribution < -0.4 is 5.32 Å². The fourth-order valence-electron chi connectivity index (χ4n) is 1.14. The number of carbonyl (C=O) groups is 1. The Labute approximate surface area is 90.3 Å². The number of aromatic nitrogens is 2. The minimum atomic E-state index is -0.433. The van der Waals surface area contributed by atoms with Gasteiger partial charge < -0.3 is 9.84 Å². The van der Waals surface area contributed by atoms with Gasteiger partial charge in [-0.2, -0.15) is 4.98 Å². The summed E-state index contributed by atoms with van der Waals surface area (Å²) in [5.41, 5.74) is 0.559. The van der Waals surface area contributed by atoms with Crippen molar-refractivity contribution in [1.82, 2.24) is 15.5 Å². The smallest absolute Gasteiger partial charge is 0.292 e. The summed E-state index contributed by atoms with van der Waals surface area (Å²) in [5, 5.41) is 5.87. The molecule has 0 fully saturated rings. The van der Waals surface area contributed by atoms with Crippen LogP contribution in [0.25, 0.3) is 11.5 Å². The Morgan fingerprint density at radius 2 is 2.06 bits per heavy atom. The third-order valence-corrected chi connectivity index (χ3v) is 1.95. The van der Waals surface area contributed by atoms with E-state index in [2.05, 4.69) is 15.5 Å². The number of hydrogen-bond acceptors (Lipinski definition) is 4. The van der Waals surface area contributed by atoms with E-state index in [4.69, 9.17) is 4.52 Å². The van der Waals surface area contributed by atoms with Gasteiger partial charge in [0.2, 0.25) is 0 Å². The molecule has 1 N–H and O–H groups in total. The SMILES string of the molecule is CNC(=O)c1noc(-c2ccc(F)cc2)n1. The molecule has 0 atom stereocenters. The summed E-state index contributed by atoms with van der Waals surface area (Å²) in [6.07, 6.45) is 0. The van der Waals surface area contributed by atoms with Crippen LogP contribution in [0.5, 0.6) is 0 Å². The summed E-state index contributed by atoms with van der Waals surface area (Å²) in [4.78, 5) is 15.0. The maximum atomic E-state index is 12.7. The van der Waals surface area contributed by atoms with E-state index in [0.29, 0.717) is 5.56 Å². The van der Waals surface area contributed by atoms with E-state index in [1.807, 2.05) is 0 Å². The molecule has 0 unspecified atom stereocenters. The third-order valence-electron chi connectivity index (χ3n) is 1.95. The molecule has 1 aromatic heterocycles. The molecule has 5 nitrogen and oxygen atoms in total. The number of nitrogens with one attached hydrogen (secondary N) is 1. The summed E-state index contributed by atoms with van der Waals surface area (Å²) in [6, 6.07) is 5.55. The standard InChI is InChI=1S/C10H8FN3O2/c1-12-9(15)8-13-10(16-14-8)6-2-4-7(11)5-3-6/h2-5H,1H3,(H,12,15). The molecule has 0 aliphatic rings. The number of halogens is 1. The number of carbonyl (C=O) groups excluding carboxylic acids is 1. The molecule has 0 saturated carbocycles. The van der Waals surface area contributed by atoms with Crippen LogP contribution in [0.2, 0.25) is 0 Å². The van der Waals surface area contributed by atoms with Crippen molar-refractivity contribution in [3.8, 4) is 11.5 Å². The molecule has 16 heavy (non-hydrogen) atoms. The van der Waals surface area contributed by atoms with E-state index < -0.39 is 5.91 Å². The van der Waals surface area contributed by atoms with Crippen molar-refractivity contribution in [3.63, 3.8) is 0 Å². The summed E-state index contributed by atoms with van der Waals surface area (Å²) >= 11 is 0. The zero-order valence-electron chi connectivity index (χ0n) is 8.40. The van der Waals surface area contributed by atoms with Crippen LogP contribution >= 0.6 is 0 Å². The summed E-state index contributed by atoms with van der Waals surface area (Å²) < 4.78 is 17.5. The number of rotatable bonds is 2. The largest absolute Gasteiger partial charge is 0.352 e. The van der Waals surface area contributed by atoms with E-state index >= 15 is 0 Å². The highest BCUT2D eigenvalue weighted by atomic mass is 19.1. The molecule has 1 aromatic carbocycles. The Morgan fingerprint density at radius 3 is 2.69 bits per heavy atom. The van der Waals surface area contributed by atoms with Gasteiger partial charge in [0.25, 0.3) is 17.6 Å². The molecule has 0 saturated heterocycles. The van der Waals surface area contributed by atoms with Gasteiger partial charge in [-0.3, -0.25) is 4.79 Å². The van der Waals surface area contributed by atoms with E-state index in [9.17, 15) is 9.18 Å². The van der Waals surface area contributed by atoms with Crippen molar-refractivity contribution in [2.24, 2.45) is 0 Å².